The van der Waals surface area contributed by atoms with E-state index in [1.807, 2.05) is 18.2 Å². The SMILES string of the molecule is O=C1N=Nc2n(-c3ccccc3)c(=O)c3ccccc3[n+]21. The van der Waals surface area contributed by atoms with Gasteiger partial charge in [0.15, 0.2) is 0 Å². The Labute approximate surface area is 118 Å². The van der Waals surface area contributed by atoms with E-state index < -0.39 is 6.03 Å². The maximum atomic E-state index is 12.7. The fourth-order valence-electron chi connectivity index (χ4n) is 2.49. The van der Waals surface area contributed by atoms with Gasteiger partial charge >= 0.3 is 17.5 Å². The van der Waals surface area contributed by atoms with Gasteiger partial charge in [-0.15, -0.1) is 4.57 Å². The first-order chi connectivity index (χ1) is 10.3. The summed E-state index contributed by atoms with van der Waals surface area (Å²) in [6.45, 7) is 0. The van der Waals surface area contributed by atoms with Crippen molar-refractivity contribution in [3.05, 3.63) is 65.0 Å². The van der Waals surface area contributed by atoms with Crippen LogP contribution < -0.4 is 10.1 Å². The minimum absolute atomic E-state index is 0.218. The molecule has 0 saturated heterocycles. The minimum Gasteiger partial charge on any atom is -0.254 e. The lowest BCUT2D eigenvalue weighted by atomic mass is 10.2. The number of carbonyl (C=O) groups is 1. The summed E-state index contributed by atoms with van der Waals surface area (Å²) in [7, 11) is 0. The van der Waals surface area contributed by atoms with Crippen molar-refractivity contribution in [2.24, 2.45) is 10.2 Å². The van der Waals surface area contributed by atoms with E-state index in [1.54, 1.807) is 36.4 Å². The summed E-state index contributed by atoms with van der Waals surface area (Å²) < 4.78 is 2.75. The number of hydrogen-bond donors (Lipinski definition) is 0. The Balaban J connectivity index is 2.23. The number of benzene rings is 2. The van der Waals surface area contributed by atoms with Crippen LogP contribution in [0.25, 0.3) is 16.6 Å². The van der Waals surface area contributed by atoms with Gasteiger partial charge in [-0.1, -0.05) is 30.3 Å². The Morgan fingerprint density at radius 1 is 0.857 bits per heavy atom. The highest BCUT2D eigenvalue weighted by Crippen LogP contribution is 2.20. The van der Waals surface area contributed by atoms with E-state index >= 15 is 0 Å². The average molecular weight is 277 g/mol. The Bertz CT molecular complexity index is 974. The number of aromatic nitrogens is 2. The molecule has 21 heavy (non-hydrogen) atoms. The highest BCUT2D eigenvalue weighted by Gasteiger charge is 2.33. The second-order valence-corrected chi connectivity index (χ2v) is 4.61. The summed E-state index contributed by atoms with van der Waals surface area (Å²) in [4.78, 5) is 24.7. The van der Waals surface area contributed by atoms with Gasteiger partial charge in [0.1, 0.15) is 5.52 Å². The fourth-order valence-corrected chi connectivity index (χ4v) is 2.49. The van der Waals surface area contributed by atoms with Crippen molar-refractivity contribution in [3.8, 4) is 5.69 Å². The first kappa shape index (κ1) is 11.7. The monoisotopic (exact) mass is 277 g/mol. The maximum Gasteiger partial charge on any atom is 0.483 e. The van der Waals surface area contributed by atoms with E-state index in [9.17, 15) is 9.59 Å². The van der Waals surface area contributed by atoms with Crippen molar-refractivity contribution in [1.82, 2.24) is 4.57 Å². The molecule has 1 amide bonds. The molecule has 0 radical (unpaired) electrons. The van der Waals surface area contributed by atoms with Crippen LogP contribution in [0.15, 0.2) is 69.6 Å². The van der Waals surface area contributed by atoms with Gasteiger partial charge in [-0.3, -0.25) is 4.79 Å². The molecule has 0 atom stereocenters. The second kappa shape index (κ2) is 4.17. The predicted octanol–water partition coefficient (Wildman–Crippen LogP) is 2.34. The van der Waals surface area contributed by atoms with Crippen LogP contribution in [0, 0.1) is 0 Å². The Morgan fingerprint density at radius 2 is 1.57 bits per heavy atom. The van der Waals surface area contributed by atoms with Crippen molar-refractivity contribution >= 4 is 22.9 Å². The van der Waals surface area contributed by atoms with E-state index in [0.29, 0.717) is 16.6 Å². The molecule has 0 saturated carbocycles. The molecule has 1 aromatic heterocycles. The Morgan fingerprint density at radius 3 is 2.38 bits per heavy atom. The average Bonchev–Trinajstić information content (AvgIpc) is 2.91. The third-order valence-corrected chi connectivity index (χ3v) is 3.41. The zero-order chi connectivity index (χ0) is 14.4. The quantitative estimate of drug-likeness (QED) is 0.641. The number of hydrogen-bond acceptors (Lipinski definition) is 3. The van der Waals surface area contributed by atoms with Gasteiger partial charge in [-0.25, -0.2) is 4.79 Å². The largest absolute Gasteiger partial charge is 0.483 e. The van der Waals surface area contributed by atoms with Gasteiger partial charge in [-0.2, -0.15) is 4.57 Å². The highest BCUT2D eigenvalue weighted by molar-refractivity contribution is 5.81. The number of fused-ring (bicyclic) bond motifs is 3. The van der Waals surface area contributed by atoms with Crippen LogP contribution in [-0.2, 0) is 0 Å². The summed E-state index contributed by atoms with van der Waals surface area (Å²) in [5.74, 6) is 0.218. The number of para-hydroxylation sites is 2. The lowest BCUT2D eigenvalue weighted by molar-refractivity contribution is -0.525. The molecule has 0 fully saturated rings. The van der Waals surface area contributed by atoms with Crippen LogP contribution in [-0.4, -0.2) is 10.6 Å². The molecular weight excluding hydrogens is 268 g/mol. The van der Waals surface area contributed by atoms with Crippen molar-refractivity contribution < 1.29 is 9.36 Å². The standard InChI is InChI=1S/C15H9N4O2/c20-13-11-8-4-5-9-12(11)19-14(16-17-15(19)21)18(13)10-6-2-1-3-7-10/h1-9H/q+1. The summed E-state index contributed by atoms with van der Waals surface area (Å²) in [5.41, 5.74) is 0.932. The molecule has 4 rings (SSSR count). The van der Waals surface area contributed by atoms with Gasteiger partial charge in [-0.05, 0) is 24.3 Å². The molecule has 1 aliphatic heterocycles. The number of amides is 1. The molecule has 0 aliphatic carbocycles. The Kier molecular flexibility index (Phi) is 2.32. The summed E-state index contributed by atoms with van der Waals surface area (Å²) >= 11 is 0. The molecule has 1 aliphatic rings. The summed E-state index contributed by atoms with van der Waals surface area (Å²) in [6, 6.07) is 15.5. The van der Waals surface area contributed by atoms with Gasteiger partial charge in [0.05, 0.1) is 21.3 Å². The third kappa shape index (κ3) is 1.56. The first-order valence-corrected chi connectivity index (χ1v) is 6.39. The number of azo groups is 1. The molecule has 0 spiro atoms. The van der Waals surface area contributed by atoms with Crippen molar-refractivity contribution in [2.45, 2.75) is 0 Å². The highest BCUT2D eigenvalue weighted by atomic mass is 16.2. The molecule has 2 heterocycles. The number of rotatable bonds is 1. The molecule has 100 valence electrons. The summed E-state index contributed by atoms with van der Waals surface area (Å²) in [6.07, 6.45) is 0. The van der Waals surface area contributed by atoms with Crippen molar-refractivity contribution in [1.29, 1.82) is 0 Å². The van der Waals surface area contributed by atoms with E-state index in [2.05, 4.69) is 10.2 Å². The van der Waals surface area contributed by atoms with Crippen LogP contribution >= 0.6 is 0 Å². The van der Waals surface area contributed by atoms with Gasteiger partial charge in [0.25, 0.3) is 0 Å². The minimum atomic E-state index is -0.495. The molecule has 0 bridgehead atoms. The smallest absolute Gasteiger partial charge is 0.254 e. The van der Waals surface area contributed by atoms with E-state index in [0.717, 1.165) is 0 Å². The first-order valence-electron chi connectivity index (χ1n) is 6.39. The van der Waals surface area contributed by atoms with E-state index in [4.69, 9.17) is 0 Å². The molecule has 0 N–H and O–H groups in total. The van der Waals surface area contributed by atoms with Gasteiger partial charge in [0, 0.05) is 0 Å². The van der Waals surface area contributed by atoms with E-state index in [1.165, 1.54) is 9.13 Å². The van der Waals surface area contributed by atoms with Gasteiger partial charge < -0.3 is 0 Å². The van der Waals surface area contributed by atoms with Crippen LogP contribution in [0.4, 0.5) is 10.7 Å². The molecule has 3 aromatic rings. The molecule has 6 nitrogen and oxygen atoms in total. The number of carbonyl (C=O) groups excluding carboxylic acids is 1. The van der Waals surface area contributed by atoms with Crippen LogP contribution in [0.2, 0.25) is 0 Å². The van der Waals surface area contributed by atoms with Crippen molar-refractivity contribution in [3.63, 3.8) is 0 Å². The lowest BCUT2D eigenvalue weighted by Crippen LogP contribution is -2.43. The topological polar surface area (TPSA) is 67.7 Å². The molecular formula is C15H9N4O2+. The Hall–Kier alpha value is -3.15. The number of nitrogens with zero attached hydrogens (tertiary/aromatic N) is 4. The second-order valence-electron chi connectivity index (χ2n) is 4.61. The predicted molar refractivity (Wildman–Crippen MR) is 75.1 cm³/mol. The van der Waals surface area contributed by atoms with Crippen molar-refractivity contribution in [2.75, 3.05) is 0 Å². The zero-order valence-electron chi connectivity index (χ0n) is 10.8. The molecule has 0 unspecified atom stereocenters. The summed E-state index contributed by atoms with van der Waals surface area (Å²) in [5, 5.41) is 7.89. The lowest BCUT2D eigenvalue weighted by Gasteiger charge is -2.06. The third-order valence-electron chi connectivity index (χ3n) is 3.41. The molecule has 2 aromatic carbocycles. The van der Waals surface area contributed by atoms with Crippen LogP contribution in [0.1, 0.15) is 0 Å². The maximum absolute atomic E-state index is 12.7. The molecule has 6 heteroatoms. The zero-order valence-corrected chi connectivity index (χ0v) is 10.8. The normalized spacial score (nSPS) is 12.9. The van der Waals surface area contributed by atoms with E-state index in [-0.39, 0.29) is 11.5 Å². The van der Waals surface area contributed by atoms with Crippen LogP contribution in [0.3, 0.4) is 0 Å². The fraction of sp³-hybridized carbons (Fsp3) is 0. The van der Waals surface area contributed by atoms with Crippen LogP contribution in [0.5, 0.6) is 0 Å². The van der Waals surface area contributed by atoms with Gasteiger partial charge in [0.2, 0.25) is 0 Å².